The topological polar surface area (TPSA) is 105 Å². The maximum atomic E-state index is 14.9. The summed E-state index contributed by atoms with van der Waals surface area (Å²) in [6.45, 7) is 1.51. The molecule has 8 nitrogen and oxygen atoms in total. The van der Waals surface area contributed by atoms with Crippen LogP contribution in [-0.4, -0.2) is 43.6 Å². The molecule has 0 spiro atoms. The fraction of sp³-hybridized carbons (Fsp3) is 0.185. The standard InChI is InChI=1S/C27H24ClFN6O2/c1-33-6-7-35(27(33)37)24-3-2-15(8-22(24)28)19-11-17(29)12-20(26(19)36)16-9-23-21(13-31-32-23)25(10-16)34-5-4-18(30)14-34/h2-3,6-13,18,36H,4-5,14,30H2,1H3,(H,31,32)/t18-/m1/s1. The van der Waals surface area contributed by atoms with Gasteiger partial charge in [0.15, 0.2) is 0 Å². The van der Waals surface area contributed by atoms with Crippen LogP contribution in [0.1, 0.15) is 6.42 Å². The first-order chi connectivity index (χ1) is 17.8. The van der Waals surface area contributed by atoms with Gasteiger partial charge in [0.25, 0.3) is 0 Å². The van der Waals surface area contributed by atoms with Gasteiger partial charge in [0.05, 0.1) is 22.4 Å². The van der Waals surface area contributed by atoms with Crippen LogP contribution >= 0.6 is 11.6 Å². The highest BCUT2D eigenvalue weighted by atomic mass is 35.5. The molecule has 3 aromatic carbocycles. The molecule has 6 rings (SSSR count). The van der Waals surface area contributed by atoms with Crippen molar-refractivity contribution in [1.29, 1.82) is 0 Å². The minimum absolute atomic E-state index is 0.0787. The molecule has 188 valence electrons. The van der Waals surface area contributed by atoms with Gasteiger partial charge in [-0.2, -0.15) is 5.10 Å². The van der Waals surface area contributed by atoms with Crippen molar-refractivity contribution in [3.63, 3.8) is 0 Å². The number of hydrogen-bond donors (Lipinski definition) is 3. The molecule has 0 aliphatic carbocycles. The Morgan fingerprint density at radius 3 is 2.57 bits per heavy atom. The van der Waals surface area contributed by atoms with Crippen LogP contribution in [-0.2, 0) is 7.05 Å². The zero-order chi connectivity index (χ0) is 25.8. The molecule has 0 bridgehead atoms. The zero-order valence-corrected chi connectivity index (χ0v) is 20.7. The van der Waals surface area contributed by atoms with E-state index < -0.39 is 5.82 Å². The lowest BCUT2D eigenvalue weighted by atomic mass is 9.95. The zero-order valence-electron chi connectivity index (χ0n) is 19.9. The van der Waals surface area contributed by atoms with Gasteiger partial charge in [-0.15, -0.1) is 0 Å². The van der Waals surface area contributed by atoms with Crippen molar-refractivity contribution < 1.29 is 9.50 Å². The second-order valence-corrected chi connectivity index (χ2v) is 9.81. The molecule has 0 unspecified atom stereocenters. The largest absolute Gasteiger partial charge is 0.507 e. The Bertz CT molecular complexity index is 1720. The van der Waals surface area contributed by atoms with Gasteiger partial charge in [-0.05, 0) is 53.9 Å². The predicted octanol–water partition coefficient (Wildman–Crippen LogP) is 4.42. The number of rotatable bonds is 4. The molecule has 3 heterocycles. The highest BCUT2D eigenvalue weighted by Gasteiger charge is 2.23. The number of aromatic nitrogens is 4. The number of halogens is 2. The molecule has 0 saturated carbocycles. The van der Waals surface area contributed by atoms with E-state index in [9.17, 15) is 14.3 Å². The van der Waals surface area contributed by atoms with Crippen LogP contribution in [0.15, 0.2) is 65.8 Å². The van der Waals surface area contributed by atoms with E-state index in [0.717, 1.165) is 29.6 Å². The Kier molecular flexibility index (Phi) is 5.54. The van der Waals surface area contributed by atoms with E-state index in [4.69, 9.17) is 17.3 Å². The predicted molar refractivity (Wildman–Crippen MR) is 143 cm³/mol. The number of benzene rings is 3. The summed E-state index contributed by atoms with van der Waals surface area (Å²) >= 11 is 6.53. The van der Waals surface area contributed by atoms with Gasteiger partial charge in [-0.3, -0.25) is 9.67 Å². The van der Waals surface area contributed by atoms with E-state index in [-0.39, 0.29) is 17.5 Å². The van der Waals surface area contributed by atoms with Crippen LogP contribution in [0.3, 0.4) is 0 Å². The third-order valence-corrected chi connectivity index (χ3v) is 7.26. The van der Waals surface area contributed by atoms with Gasteiger partial charge in [0, 0.05) is 60.8 Å². The van der Waals surface area contributed by atoms with Gasteiger partial charge in [0.1, 0.15) is 11.6 Å². The van der Waals surface area contributed by atoms with Crippen molar-refractivity contribution in [2.45, 2.75) is 12.5 Å². The Morgan fingerprint density at radius 2 is 1.89 bits per heavy atom. The number of fused-ring (bicyclic) bond motifs is 1. The minimum atomic E-state index is -0.503. The third kappa shape index (κ3) is 3.96. The van der Waals surface area contributed by atoms with E-state index in [1.54, 1.807) is 43.8 Å². The summed E-state index contributed by atoms with van der Waals surface area (Å²) in [6.07, 6.45) is 5.90. The number of H-pyrrole nitrogens is 1. The fourth-order valence-electron chi connectivity index (χ4n) is 5.01. The Hall–Kier alpha value is -4.08. The van der Waals surface area contributed by atoms with E-state index in [0.29, 0.717) is 39.5 Å². The number of aromatic hydroxyl groups is 1. The normalized spacial score (nSPS) is 15.7. The van der Waals surface area contributed by atoms with Crippen LogP contribution in [0.5, 0.6) is 5.75 Å². The minimum Gasteiger partial charge on any atom is -0.507 e. The number of imidazole rings is 1. The van der Waals surface area contributed by atoms with E-state index in [2.05, 4.69) is 15.1 Å². The van der Waals surface area contributed by atoms with Gasteiger partial charge in [-0.25, -0.2) is 9.18 Å². The number of hydrogen-bond acceptors (Lipinski definition) is 5. The summed E-state index contributed by atoms with van der Waals surface area (Å²) < 4.78 is 17.8. The number of phenols is 1. The third-order valence-electron chi connectivity index (χ3n) is 6.95. The lowest BCUT2D eigenvalue weighted by Gasteiger charge is -2.21. The first kappa shape index (κ1) is 23.3. The molecule has 5 aromatic rings. The van der Waals surface area contributed by atoms with Crippen LogP contribution in [0.25, 0.3) is 38.8 Å². The van der Waals surface area contributed by atoms with Crippen molar-refractivity contribution in [3.8, 4) is 33.7 Å². The monoisotopic (exact) mass is 518 g/mol. The molecule has 1 saturated heterocycles. The second kappa shape index (κ2) is 8.79. The van der Waals surface area contributed by atoms with Crippen LogP contribution < -0.4 is 16.3 Å². The van der Waals surface area contributed by atoms with Crippen LogP contribution in [0.4, 0.5) is 10.1 Å². The summed E-state index contributed by atoms with van der Waals surface area (Å²) in [6, 6.07) is 11.4. The first-order valence-electron chi connectivity index (χ1n) is 11.8. The highest BCUT2D eigenvalue weighted by Crippen LogP contribution is 2.42. The molecule has 4 N–H and O–H groups in total. The number of aromatic amines is 1. The van der Waals surface area contributed by atoms with E-state index in [1.165, 1.54) is 21.3 Å². The summed E-state index contributed by atoms with van der Waals surface area (Å²) in [5, 5.41) is 19.7. The van der Waals surface area contributed by atoms with Crippen molar-refractivity contribution >= 4 is 28.2 Å². The Labute approximate surface area is 216 Å². The maximum absolute atomic E-state index is 14.9. The number of nitrogens with two attached hydrogens (primary N) is 1. The van der Waals surface area contributed by atoms with Gasteiger partial charge in [-0.1, -0.05) is 17.7 Å². The molecule has 1 fully saturated rings. The van der Waals surface area contributed by atoms with E-state index >= 15 is 0 Å². The number of anilines is 1. The lowest BCUT2D eigenvalue weighted by molar-refractivity contribution is 0.477. The van der Waals surface area contributed by atoms with Crippen molar-refractivity contribution in [1.82, 2.24) is 19.3 Å². The fourth-order valence-corrected chi connectivity index (χ4v) is 5.28. The Morgan fingerprint density at radius 1 is 1.11 bits per heavy atom. The summed E-state index contributed by atoms with van der Waals surface area (Å²) in [5.74, 6) is -0.582. The van der Waals surface area contributed by atoms with Gasteiger partial charge >= 0.3 is 5.69 Å². The van der Waals surface area contributed by atoms with Crippen LogP contribution in [0.2, 0.25) is 5.02 Å². The SMILES string of the molecule is Cn1ccn(-c2ccc(-c3cc(F)cc(-c4cc(N5CC[C@@H](N)C5)c5cn[nH]c5c4)c3O)cc2Cl)c1=O. The van der Waals surface area contributed by atoms with Crippen molar-refractivity contribution in [3.05, 3.63) is 82.4 Å². The number of nitrogens with zero attached hydrogens (tertiary/aromatic N) is 4. The lowest BCUT2D eigenvalue weighted by Crippen LogP contribution is -2.26. The average molecular weight is 519 g/mol. The number of nitrogens with one attached hydrogen (secondary N) is 1. The summed E-state index contributed by atoms with van der Waals surface area (Å²) in [7, 11) is 1.65. The molecule has 2 aromatic heterocycles. The molecule has 1 aliphatic rings. The maximum Gasteiger partial charge on any atom is 0.332 e. The number of phenolic OH excluding ortho intramolecular Hbond substituents is 1. The van der Waals surface area contributed by atoms with Crippen molar-refractivity contribution in [2.75, 3.05) is 18.0 Å². The first-order valence-corrected chi connectivity index (χ1v) is 12.2. The average Bonchev–Trinajstić information content (AvgIpc) is 3.61. The molecule has 1 aliphatic heterocycles. The van der Waals surface area contributed by atoms with Gasteiger partial charge in [0.2, 0.25) is 0 Å². The molecule has 0 radical (unpaired) electrons. The Balaban J connectivity index is 1.46. The van der Waals surface area contributed by atoms with Gasteiger partial charge < -0.3 is 20.3 Å². The van der Waals surface area contributed by atoms with Crippen molar-refractivity contribution in [2.24, 2.45) is 12.8 Å². The van der Waals surface area contributed by atoms with Crippen LogP contribution in [0, 0.1) is 5.82 Å². The number of aryl methyl sites for hydroxylation is 1. The smallest absolute Gasteiger partial charge is 0.332 e. The highest BCUT2D eigenvalue weighted by molar-refractivity contribution is 6.32. The molecule has 37 heavy (non-hydrogen) atoms. The molecular formula is C27H24ClFN6O2. The molecule has 10 heteroatoms. The summed E-state index contributed by atoms with van der Waals surface area (Å²) in [4.78, 5) is 14.5. The second-order valence-electron chi connectivity index (χ2n) is 9.40. The quantitative estimate of drug-likeness (QED) is 0.326. The molecular weight excluding hydrogens is 495 g/mol. The molecule has 0 amide bonds. The molecule has 1 atom stereocenters. The van der Waals surface area contributed by atoms with E-state index in [1.807, 2.05) is 12.1 Å². The summed E-state index contributed by atoms with van der Waals surface area (Å²) in [5.41, 5.74) is 9.89.